The molecule has 0 atom stereocenters. The maximum atomic E-state index is 14.6. The SMILES string of the molecule is O=C(c1ccc(-c2cncnc2)cc1F)N1CCC(Oc2ccc(Cl)cc2)CC1. The standard InChI is InChI=1S/C22H19ClFN3O2/c23-17-2-4-18(5-3-17)29-19-7-9-27(10-8-19)22(28)20-6-1-15(11-21(20)24)16-12-25-14-26-13-16/h1-6,11-14,19H,7-10H2. The number of rotatable bonds is 4. The van der Waals surface area contributed by atoms with Gasteiger partial charge in [0.15, 0.2) is 0 Å². The number of carbonyl (C=O) groups is 1. The molecule has 1 amide bonds. The summed E-state index contributed by atoms with van der Waals surface area (Å²) in [6, 6.07) is 11.8. The third-order valence-electron chi connectivity index (χ3n) is 4.94. The molecule has 1 saturated heterocycles. The van der Waals surface area contributed by atoms with E-state index in [1.54, 1.807) is 35.5 Å². The predicted octanol–water partition coefficient (Wildman–Crippen LogP) is 4.62. The van der Waals surface area contributed by atoms with Crippen molar-refractivity contribution in [2.24, 2.45) is 0 Å². The molecule has 0 aliphatic carbocycles. The summed E-state index contributed by atoms with van der Waals surface area (Å²) in [6.45, 7) is 1.04. The van der Waals surface area contributed by atoms with Crippen LogP contribution in [0.3, 0.4) is 0 Å². The van der Waals surface area contributed by atoms with Crippen LogP contribution in [0.4, 0.5) is 4.39 Å². The molecule has 148 valence electrons. The Morgan fingerprint density at radius 3 is 2.38 bits per heavy atom. The molecule has 4 rings (SSSR count). The van der Waals surface area contributed by atoms with Crippen LogP contribution in [0.2, 0.25) is 5.02 Å². The second-order valence-corrected chi connectivity index (χ2v) is 7.32. The Kier molecular flexibility index (Phi) is 5.71. The molecular weight excluding hydrogens is 393 g/mol. The largest absolute Gasteiger partial charge is 0.490 e. The van der Waals surface area contributed by atoms with Gasteiger partial charge < -0.3 is 9.64 Å². The normalized spacial score (nSPS) is 14.6. The lowest BCUT2D eigenvalue weighted by atomic mass is 10.0. The zero-order valence-electron chi connectivity index (χ0n) is 15.6. The monoisotopic (exact) mass is 411 g/mol. The Bertz CT molecular complexity index is 991. The first-order valence-corrected chi connectivity index (χ1v) is 9.74. The summed E-state index contributed by atoms with van der Waals surface area (Å²) in [7, 11) is 0. The number of hydrogen-bond acceptors (Lipinski definition) is 4. The quantitative estimate of drug-likeness (QED) is 0.628. The Morgan fingerprint density at radius 1 is 1.03 bits per heavy atom. The van der Waals surface area contributed by atoms with Gasteiger partial charge in [0.25, 0.3) is 5.91 Å². The third kappa shape index (κ3) is 4.54. The molecule has 2 aromatic carbocycles. The Labute approximate surface area is 173 Å². The van der Waals surface area contributed by atoms with E-state index in [1.807, 2.05) is 12.1 Å². The van der Waals surface area contributed by atoms with Gasteiger partial charge in [-0.25, -0.2) is 14.4 Å². The van der Waals surface area contributed by atoms with Gasteiger partial charge in [-0.05, 0) is 42.0 Å². The molecule has 0 unspecified atom stereocenters. The molecule has 0 saturated carbocycles. The Hall–Kier alpha value is -2.99. The minimum absolute atomic E-state index is 0.0190. The fourth-order valence-electron chi connectivity index (χ4n) is 3.37. The predicted molar refractivity (Wildman–Crippen MR) is 108 cm³/mol. The highest BCUT2D eigenvalue weighted by molar-refractivity contribution is 6.30. The minimum atomic E-state index is -0.545. The first-order valence-electron chi connectivity index (χ1n) is 9.36. The van der Waals surface area contributed by atoms with Gasteiger partial charge in [0, 0.05) is 48.9 Å². The van der Waals surface area contributed by atoms with Gasteiger partial charge in [0.05, 0.1) is 5.56 Å². The van der Waals surface area contributed by atoms with Crippen molar-refractivity contribution in [3.63, 3.8) is 0 Å². The summed E-state index contributed by atoms with van der Waals surface area (Å²) in [5.74, 6) is -0.0927. The second kappa shape index (κ2) is 8.57. The molecule has 7 heteroatoms. The van der Waals surface area contributed by atoms with E-state index in [0.717, 1.165) is 5.75 Å². The smallest absolute Gasteiger partial charge is 0.256 e. The molecule has 0 N–H and O–H groups in total. The van der Waals surface area contributed by atoms with Crippen molar-refractivity contribution in [3.05, 3.63) is 77.6 Å². The van der Waals surface area contributed by atoms with E-state index in [4.69, 9.17) is 16.3 Å². The maximum Gasteiger partial charge on any atom is 0.256 e. The lowest BCUT2D eigenvalue weighted by molar-refractivity contribution is 0.0591. The van der Waals surface area contributed by atoms with Crippen molar-refractivity contribution in [1.29, 1.82) is 0 Å². The van der Waals surface area contributed by atoms with E-state index in [1.165, 1.54) is 18.5 Å². The van der Waals surface area contributed by atoms with Gasteiger partial charge in [-0.1, -0.05) is 17.7 Å². The highest BCUT2D eigenvalue weighted by Crippen LogP contribution is 2.24. The minimum Gasteiger partial charge on any atom is -0.490 e. The number of benzene rings is 2. The van der Waals surface area contributed by atoms with Gasteiger partial charge >= 0.3 is 0 Å². The molecule has 29 heavy (non-hydrogen) atoms. The summed E-state index contributed by atoms with van der Waals surface area (Å²) in [5.41, 5.74) is 1.41. The molecule has 5 nitrogen and oxygen atoms in total. The summed E-state index contributed by atoms with van der Waals surface area (Å²) < 4.78 is 20.6. The molecular formula is C22H19ClFN3O2. The van der Waals surface area contributed by atoms with Crippen LogP contribution in [-0.2, 0) is 0 Å². The van der Waals surface area contributed by atoms with Crippen molar-refractivity contribution in [1.82, 2.24) is 14.9 Å². The molecule has 2 heterocycles. The van der Waals surface area contributed by atoms with Crippen molar-refractivity contribution in [2.75, 3.05) is 13.1 Å². The molecule has 1 aliphatic rings. The summed E-state index contributed by atoms with van der Waals surface area (Å²) in [5, 5.41) is 0.658. The maximum absolute atomic E-state index is 14.6. The fraction of sp³-hybridized carbons (Fsp3) is 0.227. The Balaban J connectivity index is 1.38. The van der Waals surface area contributed by atoms with Gasteiger partial charge in [-0.2, -0.15) is 0 Å². The average molecular weight is 412 g/mol. The van der Waals surface area contributed by atoms with Gasteiger partial charge in [-0.3, -0.25) is 4.79 Å². The van der Waals surface area contributed by atoms with Gasteiger partial charge in [0.1, 0.15) is 24.0 Å². The highest BCUT2D eigenvalue weighted by atomic mass is 35.5. The number of halogens is 2. The van der Waals surface area contributed by atoms with Crippen molar-refractivity contribution in [3.8, 4) is 16.9 Å². The highest BCUT2D eigenvalue weighted by Gasteiger charge is 2.26. The topological polar surface area (TPSA) is 55.3 Å². The van der Waals surface area contributed by atoms with E-state index in [-0.39, 0.29) is 17.6 Å². The van der Waals surface area contributed by atoms with Crippen LogP contribution >= 0.6 is 11.6 Å². The van der Waals surface area contributed by atoms with Crippen molar-refractivity contribution >= 4 is 17.5 Å². The number of nitrogens with zero attached hydrogens (tertiary/aromatic N) is 3. The van der Waals surface area contributed by atoms with Gasteiger partial charge in [0.2, 0.25) is 0 Å². The fourth-order valence-corrected chi connectivity index (χ4v) is 3.49. The number of amides is 1. The van der Waals surface area contributed by atoms with E-state index in [2.05, 4.69) is 9.97 Å². The summed E-state index contributed by atoms with van der Waals surface area (Å²) >= 11 is 5.89. The zero-order chi connectivity index (χ0) is 20.2. The second-order valence-electron chi connectivity index (χ2n) is 6.89. The lowest BCUT2D eigenvalue weighted by Gasteiger charge is -2.32. The van der Waals surface area contributed by atoms with Crippen LogP contribution in [-0.4, -0.2) is 40.0 Å². The average Bonchev–Trinajstić information content (AvgIpc) is 2.76. The molecule has 1 fully saturated rings. The molecule has 1 aromatic heterocycles. The van der Waals surface area contributed by atoms with Crippen LogP contribution in [0.25, 0.3) is 11.1 Å². The van der Waals surface area contributed by atoms with Crippen LogP contribution in [0, 0.1) is 5.82 Å². The van der Waals surface area contributed by atoms with Crippen molar-refractivity contribution < 1.29 is 13.9 Å². The molecule has 3 aromatic rings. The summed E-state index contributed by atoms with van der Waals surface area (Å²) in [6.07, 6.45) is 6.03. The third-order valence-corrected chi connectivity index (χ3v) is 5.19. The van der Waals surface area contributed by atoms with Crippen molar-refractivity contribution in [2.45, 2.75) is 18.9 Å². The van der Waals surface area contributed by atoms with Gasteiger partial charge in [-0.15, -0.1) is 0 Å². The molecule has 1 aliphatic heterocycles. The Morgan fingerprint density at radius 2 is 1.72 bits per heavy atom. The summed E-state index contributed by atoms with van der Waals surface area (Å²) in [4.78, 5) is 22.3. The molecule has 0 bridgehead atoms. The number of likely N-dealkylation sites (tertiary alicyclic amines) is 1. The number of piperidine rings is 1. The number of ether oxygens (including phenoxy) is 1. The van der Waals surface area contributed by atoms with Crippen LogP contribution < -0.4 is 4.74 Å². The molecule has 0 spiro atoms. The first-order chi connectivity index (χ1) is 14.1. The number of carbonyl (C=O) groups excluding carboxylic acids is 1. The lowest BCUT2D eigenvalue weighted by Crippen LogP contribution is -2.42. The number of aromatic nitrogens is 2. The van der Waals surface area contributed by atoms with Crippen LogP contribution in [0.5, 0.6) is 5.75 Å². The van der Waals surface area contributed by atoms with E-state index >= 15 is 0 Å². The zero-order valence-corrected chi connectivity index (χ0v) is 16.3. The van der Waals surface area contributed by atoms with E-state index in [0.29, 0.717) is 42.1 Å². The number of hydrogen-bond donors (Lipinski definition) is 0. The molecule has 0 radical (unpaired) electrons. The van der Waals surface area contributed by atoms with E-state index < -0.39 is 5.82 Å². The van der Waals surface area contributed by atoms with E-state index in [9.17, 15) is 9.18 Å². The van der Waals surface area contributed by atoms with Crippen LogP contribution in [0.1, 0.15) is 23.2 Å². The van der Waals surface area contributed by atoms with Crippen LogP contribution in [0.15, 0.2) is 61.2 Å². The first kappa shape index (κ1) is 19.3.